The lowest BCUT2D eigenvalue weighted by Crippen LogP contribution is -2.37. The van der Waals surface area contributed by atoms with Crippen molar-refractivity contribution in [3.8, 4) is 0 Å². The molecule has 0 spiro atoms. The average Bonchev–Trinajstić information content (AvgIpc) is 3.12. The summed E-state index contributed by atoms with van der Waals surface area (Å²) in [6.07, 6.45) is 39.6. The molecule has 0 rings (SSSR count). The highest BCUT2D eigenvalue weighted by Crippen LogP contribution is 2.38. The van der Waals surface area contributed by atoms with Crippen molar-refractivity contribution in [2.75, 3.05) is 47.5 Å². The number of hydrogen-bond acceptors (Lipinski definition) is 9. The Morgan fingerprint density at radius 2 is 1.27 bits per heavy atom. The first kappa shape index (κ1) is 52.4. The van der Waals surface area contributed by atoms with Gasteiger partial charge in [0.05, 0.1) is 33.9 Å². The summed E-state index contributed by atoms with van der Waals surface area (Å²) in [7, 11) is 1.04. The average molecular weight is 794 g/mol. The van der Waals surface area contributed by atoms with Crippen LogP contribution in [0.25, 0.3) is 0 Å². The smallest absolute Gasteiger partial charge is 0.306 e. The molecule has 2 unspecified atom stereocenters. The minimum absolute atomic E-state index is 0.0410. The molecule has 10 nitrogen and oxygen atoms in total. The number of nitrogens with zero attached hydrogens (tertiary/aromatic N) is 1. The van der Waals surface area contributed by atoms with E-state index in [1.54, 1.807) is 12.2 Å². The Morgan fingerprint density at radius 1 is 0.691 bits per heavy atom. The third kappa shape index (κ3) is 39.4. The van der Waals surface area contributed by atoms with E-state index in [9.17, 15) is 24.2 Å². The molecule has 0 saturated heterocycles. The standard InChI is InChI=1S/C44H76NO9P/c1-6-8-10-12-14-16-18-20-22-24-26-28-30-33-41(46)34-32-36-43(47)51-39-42(40-53-55(49,50)52-38-37-45(3,4)5)54-44(48)35-31-29-27-25-23-21-19-17-15-13-11-9-7-2/h8,10,14,16-17,19-20,22,26,28,30,33,41-42,46H,6-7,9,11-13,15,18,21,23-25,27,29,31-32,34-40H2,1-5H3/b10-8-,16-14-,19-17-,22-20-,28-26-,33-30+/t41?,42-/m1/s1. The summed E-state index contributed by atoms with van der Waals surface area (Å²) >= 11 is 0. The van der Waals surface area contributed by atoms with Gasteiger partial charge in [-0.25, -0.2) is 0 Å². The second kappa shape index (κ2) is 35.8. The first-order valence-electron chi connectivity index (χ1n) is 20.8. The fraction of sp³-hybridized carbons (Fsp3) is 0.682. The molecule has 3 atom stereocenters. The largest absolute Gasteiger partial charge is 0.756 e. The number of phosphoric ester groups is 1. The van der Waals surface area contributed by atoms with Crippen molar-refractivity contribution in [1.82, 2.24) is 0 Å². The van der Waals surface area contributed by atoms with E-state index in [1.807, 2.05) is 33.3 Å². The van der Waals surface area contributed by atoms with E-state index in [1.165, 1.54) is 25.7 Å². The summed E-state index contributed by atoms with van der Waals surface area (Å²) in [6, 6.07) is 0. The normalized spacial score (nSPS) is 15.0. The SMILES string of the molecule is CC/C=C\C/C=C\C/C=C\C/C=C\C=C\C(O)CCCC(=O)OC[C@H](COP(=O)([O-])OCC[N+](C)(C)C)OC(=O)CCCCCCC/C=C\CCCCCC. The molecule has 316 valence electrons. The number of carbonyl (C=O) groups is 2. The van der Waals surface area contributed by atoms with Crippen LogP contribution in [0.2, 0.25) is 0 Å². The van der Waals surface area contributed by atoms with Crippen LogP contribution in [-0.2, 0) is 32.7 Å². The van der Waals surface area contributed by atoms with Gasteiger partial charge in [0.15, 0.2) is 6.10 Å². The van der Waals surface area contributed by atoms with Crippen molar-refractivity contribution in [1.29, 1.82) is 0 Å². The number of allylic oxidation sites excluding steroid dienone is 11. The maximum absolute atomic E-state index is 12.6. The Kier molecular flexibility index (Phi) is 34.1. The van der Waals surface area contributed by atoms with Crippen LogP contribution in [0.5, 0.6) is 0 Å². The molecule has 11 heteroatoms. The Hall–Kier alpha value is -2.59. The molecule has 0 saturated carbocycles. The van der Waals surface area contributed by atoms with Gasteiger partial charge in [-0.2, -0.15) is 0 Å². The zero-order chi connectivity index (χ0) is 40.9. The van der Waals surface area contributed by atoms with Crippen molar-refractivity contribution >= 4 is 19.8 Å². The fourth-order valence-corrected chi connectivity index (χ4v) is 5.76. The molecular weight excluding hydrogens is 717 g/mol. The van der Waals surface area contributed by atoms with Gasteiger partial charge in [-0.1, -0.05) is 125 Å². The van der Waals surface area contributed by atoms with Crippen LogP contribution in [0.3, 0.4) is 0 Å². The van der Waals surface area contributed by atoms with Crippen molar-refractivity contribution in [2.24, 2.45) is 0 Å². The quantitative estimate of drug-likeness (QED) is 0.0165. The minimum atomic E-state index is -4.67. The maximum Gasteiger partial charge on any atom is 0.306 e. The minimum Gasteiger partial charge on any atom is -0.756 e. The van der Waals surface area contributed by atoms with Gasteiger partial charge in [-0.3, -0.25) is 14.2 Å². The number of phosphoric acid groups is 1. The molecule has 0 aliphatic heterocycles. The van der Waals surface area contributed by atoms with E-state index in [-0.39, 0.29) is 26.1 Å². The molecule has 0 fully saturated rings. The summed E-state index contributed by atoms with van der Waals surface area (Å²) in [4.78, 5) is 37.5. The van der Waals surface area contributed by atoms with Crippen LogP contribution in [0, 0.1) is 0 Å². The molecule has 1 N–H and O–H groups in total. The number of hydrogen-bond donors (Lipinski definition) is 1. The molecule has 0 amide bonds. The molecule has 0 aromatic heterocycles. The maximum atomic E-state index is 12.6. The van der Waals surface area contributed by atoms with Crippen molar-refractivity contribution in [3.63, 3.8) is 0 Å². The van der Waals surface area contributed by atoms with Gasteiger partial charge >= 0.3 is 11.9 Å². The van der Waals surface area contributed by atoms with Gasteiger partial charge in [0.25, 0.3) is 7.82 Å². The number of aliphatic hydroxyl groups is 1. The van der Waals surface area contributed by atoms with Crippen LogP contribution in [0.15, 0.2) is 72.9 Å². The number of quaternary nitrogens is 1. The van der Waals surface area contributed by atoms with Crippen molar-refractivity contribution in [2.45, 2.75) is 148 Å². The summed E-state index contributed by atoms with van der Waals surface area (Å²) in [5, 5.41) is 10.3. The first-order valence-corrected chi connectivity index (χ1v) is 22.2. The molecule has 0 radical (unpaired) electrons. The third-order valence-electron chi connectivity index (χ3n) is 8.31. The van der Waals surface area contributed by atoms with Crippen LogP contribution in [-0.4, -0.2) is 81.2 Å². The Bertz CT molecular complexity index is 1190. The first-order chi connectivity index (χ1) is 26.4. The van der Waals surface area contributed by atoms with Gasteiger partial charge in [-0.05, 0) is 70.6 Å². The zero-order valence-electron chi connectivity index (χ0n) is 35.0. The van der Waals surface area contributed by atoms with Crippen molar-refractivity contribution in [3.05, 3.63) is 72.9 Å². The Labute approximate surface area is 334 Å². The number of ether oxygens (including phenoxy) is 2. The second-order valence-corrected chi connectivity index (χ2v) is 16.2. The number of aliphatic hydroxyl groups excluding tert-OH is 1. The number of carbonyl (C=O) groups excluding carboxylic acids is 2. The van der Waals surface area contributed by atoms with E-state index in [0.29, 0.717) is 30.3 Å². The number of esters is 2. The lowest BCUT2D eigenvalue weighted by Gasteiger charge is -2.28. The summed E-state index contributed by atoms with van der Waals surface area (Å²) in [5.41, 5.74) is 0. The highest BCUT2D eigenvalue weighted by Gasteiger charge is 2.21. The predicted octanol–water partition coefficient (Wildman–Crippen LogP) is 9.80. The topological polar surface area (TPSA) is 131 Å². The molecule has 0 aliphatic rings. The molecular formula is C44H76NO9P. The fourth-order valence-electron chi connectivity index (χ4n) is 5.03. The van der Waals surface area contributed by atoms with Gasteiger partial charge < -0.3 is 33.0 Å². The number of likely N-dealkylation sites (N-methyl/N-ethyl adjacent to an activating group) is 1. The molecule has 0 bridgehead atoms. The lowest BCUT2D eigenvalue weighted by atomic mass is 10.1. The summed E-state index contributed by atoms with van der Waals surface area (Å²) < 4.78 is 33.6. The van der Waals surface area contributed by atoms with E-state index in [2.05, 4.69) is 62.5 Å². The van der Waals surface area contributed by atoms with Crippen molar-refractivity contribution < 1.29 is 47.2 Å². The van der Waals surface area contributed by atoms with E-state index in [0.717, 1.165) is 64.2 Å². The van der Waals surface area contributed by atoms with Crippen LogP contribution in [0.1, 0.15) is 136 Å². The van der Waals surface area contributed by atoms with Gasteiger partial charge in [0.1, 0.15) is 19.8 Å². The molecule has 0 aliphatic carbocycles. The molecule has 0 aromatic rings. The van der Waals surface area contributed by atoms with Gasteiger partial charge in [0, 0.05) is 12.8 Å². The second-order valence-electron chi connectivity index (χ2n) is 14.8. The predicted molar refractivity (Wildman–Crippen MR) is 223 cm³/mol. The lowest BCUT2D eigenvalue weighted by molar-refractivity contribution is -0.870. The zero-order valence-corrected chi connectivity index (χ0v) is 35.8. The Morgan fingerprint density at radius 3 is 1.91 bits per heavy atom. The Balaban J connectivity index is 4.62. The summed E-state index contributed by atoms with van der Waals surface area (Å²) in [5.74, 6) is -1.06. The van der Waals surface area contributed by atoms with E-state index >= 15 is 0 Å². The number of rotatable bonds is 36. The highest BCUT2D eigenvalue weighted by molar-refractivity contribution is 7.45. The molecule has 55 heavy (non-hydrogen) atoms. The van der Waals surface area contributed by atoms with Crippen LogP contribution in [0.4, 0.5) is 0 Å². The molecule has 0 heterocycles. The number of unbranched alkanes of at least 4 members (excludes halogenated alkanes) is 9. The summed E-state index contributed by atoms with van der Waals surface area (Å²) in [6.45, 7) is 3.83. The third-order valence-corrected chi connectivity index (χ3v) is 9.28. The van der Waals surface area contributed by atoms with E-state index in [4.69, 9.17) is 18.5 Å². The van der Waals surface area contributed by atoms with Gasteiger partial charge in [-0.15, -0.1) is 0 Å². The molecule has 0 aromatic carbocycles. The van der Waals surface area contributed by atoms with Crippen LogP contribution >= 0.6 is 7.82 Å². The monoisotopic (exact) mass is 794 g/mol. The van der Waals surface area contributed by atoms with E-state index < -0.39 is 38.6 Å². The van der Waals surface area contributed by atoms with Gasteiger partial charge in [0.2, 0.25) is 0 Å². The van der Waals surface area contributed by atoms with Crippen LogP contribution < -0.4 is 4.89 Å². The highest BCUT2D eigenvalue weighted by atomic mass is 31.2.